The van der Waals surface area contributed by atoms with Gasteiger partial charge in [0.25, 0.3) is 5.91 Å². The van der Waals surface area contributed by atoms with E-state index in [0.29, 0.717) is 27.3 Å². The summed E-state index contributed by atoms with van der Waals surface area (Å²) >= 11 is 4.69. The SMILES string of the molecule is COc1ccc(C)cc1N=C1NC(=O)/C(=C/c2ccc(-c3ccc(Br)cc3)o2)S1. The average molecular weight is 469 g/mol. The highest BCUT2D eigenvalue weighted by Gasteiger charge is 2.24. The maximum absolute atomic E-state index is 12.4. The van der Waals surface area contributed by atoms with Crippen LogP contribution in [-0.2, 0) is 4.79 Å². The Morgan fingerprint density at radius 1 is 1.14 bits per heavy atom. The lowest BCUT2D eigenvalue weighted by atomic mass is 10.2. The number of furan rings is 1. The van der Waals surface area contributed by atoms with Crippen LogP contribution < -0.4 is 10.1 Å². The zero-order valence-electron chi connectivity index (χ0n) is 15.7. The molecule has 0 unspecified atom stereocenters. The first-order valence-electron chi connectivity index (χ1n) is 8.82. The molecule has 1 aliphatic rings. The zero-order valence-corrected chi connectivity index (χ0v) is 18.1. The molecule has 1 amide bonds. The lowest BCUT2D eigenvalue weighted by Crippen LogP contribution is -2.19. The number of amidine groups is 1. The Hall–Kier alpha value is -2.77. The minimum atomic E-state index is -0.207. The van der Waals surface area contributed by atoms with Gasteiger partial charge in [0, 0.05) is 16.1 Å². The second-order valence-electron chi connectivity index (χ2n) is 6.37. The number of aliphatic imine (C=N–C) groups is 1. The smallest absolute Gasteiger partial charge is 0.264 e. The Morgan fingerprint density at radius 2 is 1.93 bits per heavy atom. The van der Waals surface area contributed by atoms with Gasteiger partial charge in [-0.15, -0.1) is 0 Å². The summed E-state index contributed by atoms with van der Waals surface area (Å²) in [6, 6.07) is 17.3. The van der Waals surface area contributed by atoms with Gasteiger partial charge in [0.05, 0.1) is 12.0 Å². The highest BCUT2D eigenvalue weighted by molar-refractivity contribution is 9.10. The van der Waals surface area contributed by atoms with Crippen LogP contribution in [0.4, 0.5) is 5.69 Å². The topological polar surface area (TPSA) is 63.8 Å². The van der Waals surface area contributed by atoms with E-state index >= 15 is 0 Å². The van der Waals surface area contributed by atoms with Crippen LogP contribution in [0.25, 0.3) is 17.4 Å². The fraction of sp³-hybridized carbons (Fsp3) is 0.0909. The molecule has 2 aromatic carbocycles. The Balaban J connectivity index is 1.56. The monoisotopic (exact) mass is 468 g/mol. The predicted molar refractivity (Wildman–Crippen MR) is 120 cm³/mol. The van der Waals surface area contributed by atoms with Crippen LogP contribution in [0.3, 0.4) is 0 Å². The molecule has 5 nitrogen and oxygen atoms in total. The Morgan fingerprint density at radius 3 is 2.69 bits per heavy atom. The van der Waals surface area contributed by atoms with Gasteiger partial charge in [-0.1, -0.05) is 34.1 Å². The maximum Gasteiger partial charge on any atom is 0.264 e. The highest BCUT2D eigenvalue weighted by Crippen LogP contribution is 2.33. The first-order chi connectivity index (χ1) is 14.0. The number of benzene rings is 2. The van der Waals surface area contributed by atoms with Crippen LogP contribution in [0.5, 0.6) is 5.75 Å². The normalized spacial score (nSPS) is 16.4. The van der Waals surface area contributed by atoms with Crippen LogP contribution in [0.1, 0.15) is 11.3 Å². The van der Waals surface area contributed by atoms with Crippen molar-refractivity contribution in [2.45, 2.75) is 6.92 Å². The molecule has 0 saturated carbocycles. The van der Waals surface area contributed by atoms with E-state index < -0.39 is 0 Å². The molecule has 2 heterocycles. The van der Waals surface area contributed by atoms with Gasteiger partial charge in [-0.3, -0.25) is 4.79 Å². The lowest BCUT2D eigenvalue weighted by molar-refractivity contribution is -0.115. The molecule has 29 heavy (non-hydrogen) atoms. The van der Waals surface area contributed by atoms with Gasteiger partial charge in [-0.25, -0.2) is 4.99 Å². The summed E-state index contributed by atoms with van der Waals surface area (Å²) in [4.78, 5) is 17.4. The molecule has 1 aromatic heterocycles. The molecule has 4 rings (SSSR count). The predicted octanol–water partition coefficient (Wildman–Crippen LogP) is 5.92. The van der Waals surface area contributed by atoms with Crippen molar-refractivity contribution in [1.29, 1.82) is 0 Å². The van der Waals surface area contributed by atoms with Crippen molar-refractivity contribution >= 4 is 50.5 Å². The number of carbonyl (C=O) groups is 1. The summed E-state index contributed by atoms with van der Waals surface area (Å²) in [5.41, 5.74) is 2.70. The minimum Gasteiger partial charge on any atom is -0.494 e. The molecule has 1 aliphatic heterocycles. The van der Waals surface area contributed by atoms with E-state index in [2.05, 4.69) is 26.2 Å². The van der Waals surface area contributed by atoms with Crippen molar-refractivity contribution in [1.82, 2.24) is 5.32 Å². The number of hydrogen-bond donors (Lipinski definition) is 1. The standard InChI is InChI=1S/C22H17BrN2O3S/c1-13-3-9-19(27-2)17(11-13)24-22-25-21(26)20(29-22)12-16-8-10-18(28-16)14-4-6-15(23)7-5-14/h3-12H,1-2H3,(H,24,25,26)/b20-12-. The summed E-state index contributed by atoms with van der Waals surface area (Å²) in [6.45, 7) is 1.98. The molecule has 1 fully saturated rings. The third-order valence-corrected chi connectivity index (χ3v) is 5.67. The largest absolute Gasteiger partial charge is 0.494 e. The number of methoxy groups -OCH3 is 1. The number of amides is 1. The van der Waals surface area contributed by atoms with Crippen molar-refractivity contribution in [2.24, 2.45) is 4.99 Å². The summed E-state index contributed by atoms with van der Waals surface area (Å²) in [7, 11) is 1.60. The van der Waals surface area contributed by atoms with Gasteiger partial charge in [0.1, 0.15) is 23.0 Å². The van der Waals surface area contributed by atoms with Crippen molar-refractivity contribution in [3.63, 3.8) is 0 Å². The van der Waals surface area contributed by atoms with Crippen LogP contribution in [0, 0.1) is 6.92 Å². The number of rotatable bonds is 4. The van der Waals surface area contributed by atoms with Crippen LogP contribution in [0.15, 0.2) is 73.4 Å². The van der Waals surface area contributed by atoms with Gasteiger partial charge in [0.2, 0.25) is 0 Å². The number of hydrogen-bond acceptors (Lipinski definition) is 5. The fourth-order valence-corrected chi connectivity index (χ4v) is 3.89. The molecule has 0 atom stereocenters. The van der Waals surface area contributed by atoms with Crippen LogP contribution in [0.2, 0.25) is 0 Å². The molecule has 3 aromatic rings. The number of halogens is 1. The maximum atomic E-state index is 12.4. The zero-order chi connectivity index (χ0) is 20.4. The van der Waals surface area contributed by atoms with E-state index in [-0.39, 0.29) is 5.91 Å². The molecule has 0 spiro atoms. The van der Waals surface area contributed by atoms with E-state index in [1.807, 2.05) is 61.5 Å². The third-order valence-electron chi connectivity index (χ3n) is 4.24. The van der Waals surface area contributed by atoms with Gasteiger partial charge in [0.15, 0.2) is 5.17 Å². The van der Waals surface area contributed by atoms with Crippen molar-refractivity contribution < 1.29 is 13.9 Å². The third kappa shape index (κ3) is 4.46. The van der Waals surface area contributed by atoms with Crippen molar-refractivity contribution in [2.75, 3.05) is 7.11 Å². The first kappa shape index (κ1) is 19.5. The second kappa shape index (κ2) is 8.31. The fourth-order valence-electron chi connectivity index (χ4n) is 2.81. The second-order valence-corrected chi connectivity index (χ2v) is 8.31. The van der Waals surface area contributed by atoms with Gasteiger partial charge in [-0.2, -0.15) is 0 Å². The Labute approximate surface area is 181 Å². The van der Waals surface area contributed by atoms with E-state index in [0.717, 1.165) is 21.4 Å². The van der Waals surface area contributed by atoms with Gasteiger partial charge < -0.3 is 14.5 Å². The molecule has 1 N–H and O–H groups in total. The van der Waals surface area contributed by atoms with Crippen molar-refractivity contribution in [3.8, 4) is 17.1 Å². The quantitative estimate of drug-likeness (QED) is 0.482. The molecule has 0 bridgehead atoms. The van der Waals surface area contributed by atoms with Gasteiger partial charge in [-0.05, 0) is 60.6 Å². The molecule has 7 heteroatoms. The number of thioether (sulfide) groups is 1. The van der Waals surface area contributed by atoms with Gasteiger partial charge >= 0.3 is 0 Å². The van der Waals surface area contributed by atoms with Crippen LogP contribution >= 0.6 is 27.7 Å². The Bertz CT molecular complexity index is 1130. The molecule has 146 valence electrons. The molecule has 0 radical (unpaired) electrons. The summed E-state index contributed by atoms with van der Waals surface area (Å²) in [6.07, 6.45) is 1.72. The summed E-state index contributed by atoms with van der Waals surface area (Å²) in [5.74, 6) is 1.80. The van der Waals surface area contributed by atoms with Crippen LogP contribution in [-0.4, -0.2) is 18.2 Å². The summed E-state index contributed by atoms with van der Waals surface area (Å²) in [5, 5.41) is 3.30. The summed E-state index contributed by atoms with van der Waals surface area (Å²) < 4.78 is 12.2. The number of ether oxygens (including phenoxy) is 1. The molecular formula is C22H17BrN2O3S. The van der Waals surface area contributed by atoms with E-state index in [1.165, 1.54) is 11.8 Å². The number of aryl methyl sites for hydroxylation is 1. The van der Waals surface area contributed by atoms with E-state index in [4.69, 9.17) is 9.15 Å². The number of nitrogens with one attached hydrogen (secondary N) is 1. The average Bonchev–Trinajstić information content (AvgIpc) is 3.30. The first-order valence-corrected chi connectivity index (χ1v) is 10.4. The molecule has 1 saturated heterocycles. The molecular weight excluding hydrogens is 452 g/mol. The highest BCUT2D eigenvalue weighted by atomic mass is 79.9. The number of nitrogens with zero attached hydrogens (tertiary/aromatic N) is 1. The Kier molecular flexibility index (Phi) is 5.60. The minimum absolute atomic E-state index is 0.207. The lowest BCUT2D eigenvalue weighted by Gasteiger charge is -2.05. The molecule has 0 aliphatic carbocycles. The number of carbonyl (C=O) groups excluding carboxylic acids is 1. The van der Waals surface area contributed by atoms with Crippen molar-refractivity contribution in [3.05, 3.63) is 75.3 Å². The van der Waals surface area contributed by atoms with E-state index in [9.17, 15) is 4.79 Å². The van der Waals surface area contributed by atoms with E-state index in [1.54, 1.807) is 13.2 Å².